The van der Waals surface area contributed by atoms with E-state index in [-0.39, 0.29) is 6.03 Å². The first-order valence-electron chi connectivity index (χ1n) is 6.99. The van der Waals surface area contributed by atoms with Gasteiger partial charge in [0.05, 0.1) is 11.2 Å². The normalized spacial score (nSPS) is 15.6. The topological polar surface area (TPSA) is 49.3 Å². The van der Waals surface area contributed by atoms with Crippen LogP contribution in [0.2, 0.25) is 0 Å². The molecule has 1 aromatic carbocycles. The fourth-order valence-corrected chi connectivity index (χ4v) is 2.73. The number of carbonyl (C=O) groups excluding carboxylic acids is 1. The molecule has 20 heavy (non-hydrogen) atoms. The summed E-state index contributed by atoms with van der Waals surface area (Å²) in [4.78, 5) is 14.2. The first-order chi connectivity index (χ1) is 9.68. The van der Waals surface area contributed by atoms with Gasteiger partial charge >= 0.3 is 6.03 Å². The Hall–Kier alpha value is -2.01. The average Bonchev–Trinajstić information content (AvgIpc) is 2.74. The second-order valence-electron chi connectivity index (χ2n) is 5.20. The van der Waals surface area contributed by atoms with Crippen LogP contribution in [0.5, 0.6) is 0 Å². The molecule has 1 saturated heterocycles. The van der Waals surface area contributed by atoms with E-state index in [0.717, 1.165) is 48.5 Å². The van der Waals surface area contributed by atoms with Crippen molar-refractivity contribution in [3.8, 4) is 0 Å². The maximum atomic E-state index is 12.4. The average molecular weight is 272 g/mol. The van der Waals surface area contributed by atoms with Crippen molar-refractivity contribution in [2.24, 2.45) is 7.05 Å². The molecule has 1 fully saturated rings. The highest BCUT2D eigenvalue weighted by Gasteiger charge is 2.19. The number of rotatable bonds is 1. The van der Waals surface area contributed by atoms with Gasteiger partial charge in [-0.15, -0.1) is 0 Å². The third-order valence-electron chi connectivity index (χ3n) is 4.04. The highest BCUT2D eigenvalue weighted by Crippen LogP contribution is 2.29. The second kappa shape index (κ2) is 5.17. The van der Waals surface area contributed by atoms with Crippen molar-refractivity contribution in [1.29, 1.82) is 0 Å². The van der Waals surface area contributed by atoms with Crippen molar-refractivity contribution < 1.29 is 4.79 Å². The summed E-state index contributed by atoms with van der Waals surface area (Å²) in [6, 6.07) is 8.13. The Morgan fingerprint density at radius 2 is 1.95 bits per heavy atom. The van der Waals surface area contributed by atoms with Crippen LogP contribution >= 0.6 is 0 Å². The lowest BCUT2D eigenvalue weighted by Gasteiger charge is -2.27. The molecule has 0 bridgehead atoms. The molecular weight excluding hydrogens is 252 g/mol. The van der Waals surface area contributed by atoms with Gasteiger partial charge in [0, 0.05) is 44.3 Å². The lowest BCUT2D eigenvalue weighted by molar-refractivity contribution is 0.204. The molecule has 1 aliphatic heterocycles. The van der Waals surface area contributed by atoms with Gasteiger partial charge in [-0.25, -0.2) is 4.79 Å². The van der Waals surface area contributed by atoms with Gasteiger partial charge in [-0.1, -0.05) is 18.2 Å². The molecule has 106 valence electrons. The van der Waals surface area contributed by atoms with Crippen LogP contribution in [0.15, 0.2) is 24.3 Å². The number of piperazine rings is 1. The van der Waals surface area contributed by atoms with Gasteiger partial charge in [0.15, 0.2) is 0 Å². The predicted octanol–water partition coefficient (Wildman–Crippen LogP) is 1.92. The number of hydrogen-bond acceptors (Lipinski definition) is 2. The quantitative estimate of drug-likeness (QED) is 0.833. The molecule has 0 atom stereocenters. The van der Waals surface area contributed by atoms with Crippen molar-refractivity contribution in [3.63, 3.8) is 0 Å². The highest BCUT2D eigenvalue weighted by molar-refractivity contribution is 6.02. The van der Waals surface area contributed by atoms with E-state index in [2.05, 4.69) is 27.3 Å². The number of hydrogen-bond donors (Lipinski definition) is 2. The van der Waals surface area contributed by atoms with Crippen molar-refractivity contribution in [3.05, 3.63) is 30.0 Å². The van der Waals surface area contributed by atoms with Crippen LogP contribution in [0.25, 0.3) is 10.9 Å². The van der Waals surface area contributed by atoms with Crippen molar-refractivity contribution >= 4 is 22.6 Å². The maximum Gasteiger partial charge on any atom is 0.322 e. The van der Waals surface area contributed by atoms with E-state index in [1.54, 1.807) is 0 Å². The first kappa shape index (κ1) is 13.0. The summed E-state index contributed by atoms with van der Waals surface area (Å²) in [7, 11) is 2.03. The summed E-state index contributed by atoms with van der Waals surface area (Å²) in [5.74, 6) is 0. The van der Waals surface area contributed by atoms with Crippen LogP contribution in [0.1, 0.15) is 5.69 Å². The van der Waals surface area contributed by atoms with Gasteiger partial charge < -0.3 is 20.1 Å². The first-order valence-corrected chi connectivity index (χ1v) is 6.99. The monoisotopic (exact) mass is 272 g/mol. The molecule has 2 heterocycles. The minimum atomic E-state index is -0.00838. The number of amides is 2. The molecule has 0 aliphatic carbocycles. The number of aromatic nitrogens is 1. The van der Waals surface area contributed by atoms with E-state index in [1.165, 1.54) is 0 Å². The number of benzene rings is 1. The molecule has 0 radical (unpaired) electrons. The third-order valence-corrected chi connectivity index (χ3v) is 4.04. The molecule has 3 rings (SSSR count). The SMILES string of the molecule is Cc1c(NC(=O)N2CCNCC2)c2ccccc2n1C. The molecule has 1 aliphatic rings. The van der Waals surface area contributed by atoms with E-state index >= 15 is 0 Å². The second-order valence-corrected chi connectivity index (χ2v) is 5.20. The molecule has 2 aromatic rings. The number of aryl methyl sites for hydroxylation is 1. The standard InChI is InChI=1S/C15H20N4O/c1-11-14(12-5-3-4-6-13(12)18(11)2)17-15(20)19-9-7-16-8-10-19/h3-6,16H,7-10H2,1-2H3,(H,17,20). The van der Waals surface area contributed by atoms with E-state index < -0.39 is 0 Å². The molecule has 5 nitrogen and oxygen atoms in total. The largest absolute Gasteiger partial charge is 0.346 e. The van der Waals surface area contributed by atoms with Crippen LogP contribution in [-0.4, -0.2) is 41.7 Å². The van der Waals surface area contributed by atoms with Crippen molar-refractivity contribution in [2.75, 3.05) is 31.5 Å². The van der Waals surface area contributed by atoms with Crippen molar-refractivity contribution in [1.82, 2.24) is 14.8 Å². The van der Waals surface area contributed by atoms with Crippen LogP contribution in [0.3, 0.4) is 0 Å². The summed E-state index contributed by atoms with van der Waals surface area (Å²) < 4.78 is 2.11. The van der Waals surface area contributed by atoms with Crippen molar-refractivity contribution in [2.45, 2.75) is 6.92 Å². The third kappa shape index (κ3) is 2.14. The van der Waals surface area contributed by atoms with Crippen LogP contribution in [-0.2, 0) is 7.05 Å². The van der Waals surface area contributed by atoms with Crippen LogP contribution in [0, 0.1) is 6.92 Å². The van der Waals surface area contributed by atoms with E-state index in [9.17, 15) is 4.79 Å². The number of anilines is 1. The summed E-state index contributed by atoms with van der Waals surface area (Å²) in [6.07, 6.45) is 0. The number of nitrogens with zero attached hydrogens (tertiary/aromatic N) is 2. The minimum absolute atomic E-state index is 0.00838. The molecule has 5 heteroatoms. The molecular formula is C15H20N4O. The van der Waals surface area contributed by atoms with Gasteiger partial charge in [-0.3, -0.25) is 0 Å². The molecule has 1 aromatic heterocycles. The van der Waals surface area contributed by atoms with Gasteiger partial charge in [0.2, 0.25) is 0 Å². The molecule has 0 saturated carbocycles. The molecule has 2 N–H and O–H groups in total. The van der Waals surface area contributed by atoms with Gasteiger partial charge in [0.25, 0.3) is 0 Å². The molecule has 0 unspecified atom stereocenters. The Labute approximate surface area is 118 Å². The minimum Gasteiger partial charge on any atom is -0.346 e. The number of fused-ring (bicyclic) bond motifs is 1. The summed E-state index contributed by atoms with van der Waals surface area (Å²) in [5, 5.41) is 7.43. The number of urea groups is 1. The lowest BCUT2D eigenvalue weighted by Crippen LogP contribution is -2.48. The van der Waals surface area contributed by atoms with Crippen LogP contribution in [0.4, 0.5) is 10.5 Å². The molecule has 2 amide bonds. The van der Waals surface area contributed by atoms with E-state index in [4.69, 9.17) is 0 Å². The van der Waals surface area contributed by atoms with E-state index in [0.29, 0.717) is 0 Å². The fourth-order valence-electron chi connectivity index (χ4n) is 2.73. The zero-order valence-electron chi connectivity index (χ0n) is 11.9. The number of carbonyl (C=O) groups is 1. The lowest BCUT2D eigenvalue weighted by atomic mass is 10.2. The Morgan fingerprint density at radius 3 is 2.70 bits per heavy atom. The highest BCUT2D eigenvalue weighted by atomic mass is 16.2. The van der Waals surface area contributed by atoms with Gasteiger partial charge in [-0.05, 0) is 13.0 Å². The van der Waals surface area contributed by atoms with Gasteiger partial charge in [0.1, 0.15) is 0 Å². The van der Waals surface area contributed by atoms with Crippen LogP contribution < -0.4 is 10.6 Å². The number of para-hydroxylation sites is 1. The molecule has 0 spiro atoms. The smallest absolute Gasteiger partial charge is 0.322 e. The van der Waals surface area contributed by atoms with Gasteiger partial charge in [-0.2, -0.15) is 0 Å². The Kier molecular flexibility index (Phi) is 3.36. The Morgan fingerprint density at radius 1 is 1.25 bits per heavy atom. The number of nitrogens with one attached hydrogen (secondary N) is 2. The van der Waals surface area contributed by atoms with E-state index in [1.807, 2.05) is 31.0 Å². The zero-order valence-corrected chi connectivity index (χ0v) is 11.9. The summed E-state index contributed by atoms with van der Waals surface area (Å²) in [6.45, 7) is 5.28. The Bertz CT molecular complexity index is 641. The summed E-state index contributed by atoms with van der Waals surface area (Å²) >= 11 is 0. The maximum absolute atomic E-state index is 12.4. The summed E-state index contributed by atoms with van der Waals surface area (Å²) in [5.41, 5.74) is 3.14. The Balaban J connectivity index is 1.90. The fraction of sp³-hybridized carbons (Fsp3) is 0.400. The predicted molar refractivity (Wildman–Crippen MR) is 81.1 cm³/mol. The zero-order chi connectivity index (χ0) is 14.1.